The van der Waals surface area contributed by atoms with Gasteiger partial charge >= 0.3 is 0 Å². The number of rotatable bonds is 4. The maximum atomic E-state index is 13.5. The first-order chi connectivity index (χ1) is 9.49. The number of halogens is 4. The van der Waals surface area contributed by atoms with Crippen molar-refractivity contribution in [3.63, 3.8) is 0 Å². The van der Waals surface area contributed by atoms with E-state index in [0.29, 0.717) is 21.5 Å². The third-order valence-electron chi connectivity index (χ3n) is 3.07. The molecule has 0 amide bonds. The maximum Gasteiger partial charge on any atom is 0.124 e. The molecule has 1 atom stereocenters. The highest BCUT2D eigenvalue weighted by Crippen LogP contribution is 2.26. The third kappa shape index (κ3) is 3.78. The van der Waals surface area contributed by atoms with Crippen LogP contribution in [-0.2, 0) is 6.42 Å². The molecule has 1 unspecified atom stereocenters. The Morgan fingerprint density at radius 2 is 1.90 bits per heavy atom. The average Bonchev–Trinajstić information content (AvgIpc) is 2.38. The fourth-order valence-electron chi connectivity index (χ4n) is 2.08. The summed E-state index contributed by atoms with van der Waals surface area (Å²) in [6.45, 7) is 0. The zero-order chi connectivity index (χ0) is 14.7. The van der Waals surface area contributed by atoms with Gasteiger partial charge in [-0.3, -0.25) is 0 Å². The van der Waals surface area contributed by atoms with Gasteiger partial charge in [0, 0.05) is 15.5 Å². The summed E-state index contributed by atoms with van der Waals surface area (Å²) in [6, 6.07) is 8.78. The third-order valence-corrected chi connectivity index (χ3v) is 3.89. The van der Waals surface area contributed by atoms with Crippen LogP contribution in [0, 0.1) is 11.6 Å². The Bertz CT molecular complexity index is 599. The number of hydrogen-bond donors (Lipinski definition) is 1. The summed E-state index contributed by atoms with van der Waals surface area (Å²) in [5, 5.41) is 3.60. The van der Waals surface area contributed by atoms with Crippen molar-refractivity contribution in [3.8, 4) is 0 Å². The summed E-state index contributed by atoms with van der Waals surface area (Å²) in [6.07, 6.45) is 0.475. The number of benzene rings is 2. The van der Waals surface area contributed by atoms with Crippen LogP contribution < -0.4 is 5.32 Å². The van der Waals surface area contributed by atoms with E-state index >= 15 is 0 Å². The first kappa shape index (κ1) is 15.4. The molecule has 0 aliphatic heterocycles. The molecule has 2 rings (SSSR count). The molecule has 1 nitrogen and oxygen atoms in total. The number of hydrogen-bond acceptors (Lipinski definition) is 1. The van der Waals surface area contributed by atoms with E-state index in [1.165, 1.54) is 30.3 Å². The lowest BCUT2D eigenvalue weighted by molar-refractivity contribution is 0.572. The van der Waals surface area contributed by atoms with E-state index in [1.54, 1.807) is 7.05 Å². The van der Waals surface area contributed by atoms with Crippen LogP contribution in [-0.4, -0.2) is 7.05 Å². The molecule has 5 heteroatoms. The second kappa shape index (κ2) is 6.66. The van der Waals surface area contributed by atoms with E-state index in [9.17, 15) is 8.78 Å². The summed E-state index contributed by atoms with van der Waals surface area (Å²) in [5.74, 6) is -0.653. The van der Waals surface area contributed by atoms with Gasteiger partial charge in [0.1, 0.15) is 11.6 Å². The van der Waals surface area contributed by atoms with Gasteiger partial charge in [0.25, 0.3) is 0 Å². The molecule has 0 bridgehead atoms. The van der Waals surface area contributed by atoms with Gasteiger partial charge < -0.3 is 5.32 Å². The van der Waals surface area contributed by atoms with Crippen molar-refractivity contribution in [1.29, 1.82) is 0 Å². The van der Waals surface area contributed by atoms with Crippen LogP contribution >= 0.6 is 27.5 Å². The minimum Gasteiger partial charge on any atom is -0.313 e. The molecule has 106 valence electrons. The Labute approximate surface area is 130 Å². The van der Waals surface area contributed by atoms with Crippen molar-refractivity contribution < 1.29 is 8.78 Å². The highest BCUT2D eigenvalue weighted by atomic mass is 79.9. The van der Waals surface area contributed by atoms with E-state index in [4.69, 9.17) is 11.6 Å². The Hall–Kier alpha value is -0.970. The Kier molecular flexibility index (Phi) is 5.13. The zero-order valence-corrected chi connectivity index (χ0v) is 13.1. The quantitative estimate of drug-likeness (QED) is 0.819. The van der Waals surface area contributed by atoms with E-state index in [2.05, 4.69) is 21.2 Å². The van der Waals surface area contributed by atoms with Crippen molar-refractivity contribution >= 4 is 27.5 Å². The second-order valence-corrected chi connectivity index (χ2v) is 5.81. The highest BCUT2D eigenvalue weighted by molar-refractivity contribution is 9.10. The van der Waals surface area contributed by atoms with Crippen molar-refractivity contribution in [2.75, 3.05) is 7.05 Å². The molecule has 0 aliphatic carbocycles. The van der Waals surface area contributed by atoms with Crippen molar-refractivity contribution in [3.05, 3.63) is 68.7 Å². The molecule has 0 aromatic heterocycles. The number of nitrogens with one attached hydrogen (secondary N) is 1. The topological polar surface area (TPSA) is 12.0 Å². The Balaban J connectivity index is 2.30. The zero-order valence-electron chi connectivity index (χ0n) is 10.8. The van der Waals surface area contributed by atoms with Crippen molar-refractivity contribution in [2.24, 2.45) is 0 Å². The van der Waals surface area contributed by atoms with Gasteiger partial charge in [-0.2, -0.15) is 0 Å². The molecule has 2 aromatic carbocycles. The van der Waals surface area contributed by atoms with Gasteiger partial charge in [-0.1, -0.05) is 27.5 Å². The lowest BCUT2D eigenvalue weighted by atomic mass is 9.99. The van der Waals surface area contributed by atoms with Crippen LogP contribution in [0.1, 0.15) is 17.2 Å². The molecular formula is C15H13BrClF2N. The second-order valence-electron chi connectivity index (χ2n) is 4.48. The van der Waals surface area contributed by atoms with E-state index in [0.717, 1.165) is 5.56 Å². The van der Waals surface area contributed by atoms with Gasteiger partial charge in [-0.05, 0) is 61.0 Å². The average molecular weight is 361 g/mol. The minimum absolute atomic E-state index is 0.152. The summed E-state index contributed by atoms with van der Waals surface area (Å²) in [5.41, 5.74) is 1.46. The predicted octanol–water partition coefficient (Wildman–Crippen LogP) is 4.88. The summed E-state index contributed by atoms with van der Waals surface area (Å²) >= 11 is 9.34. The van der Waals surface area contributed by atoms with Gasteiger partial charge in [0.15, 0.2) is 0 Å². The molecule has 0 heterocycles. The van der Waals surface area contributed by atoms with Crippen LogP contribution in [0.2, 0.25) is 5.02 Å². The highest BCUT2D eigenvalue weighted by Gasteiger charge is 2.14. The van der Waals surface area contributed by atoms with Gasteiger partial charge in [0.2, 0.25) is 0 Å². The molecule has 0 saturated heterocycles. The lowest BCUT2D eigenvalue weighted by Gasteiger charge is -2.18. The Morgan fingerprint density at radius 1 is 1.15 bits per heavy atom. The fraction of sp³-hybridized carbons (Fsp3) is 0.200. The van der Waals surface area contributed by atoms with Crippen LogP contribution in [0.4, 0.5) is 8.78 Å². The van der Waals surface area contributed by atoms with Crippen LogP contribution in [0.25, 0.3) is 0 Å². The van der Waals surface area contributed by atoms with Crippen LogP contribution in [0.5, 0.6) is 0 Å². The summed E-state index contributed by atoms with van der Waals surface area (Å²) in [7, 11) is 1.77. The molecule has 0 aliphatic rings. The molecule has 0 spiro atoms. The van der Waals surface area contributed by atoms with E-state index < -0.39 is 0 Å². The first-order valence-corrected chi connectivity index (χ1v) is 7.24. The normalized spacial score (nSPS) is 12.4. The van der Waals surface area contributed by atoms with E-state index in [-0.39, 0.29) is 17.7 Å². The van der Waals surface area contributed by atoms with Gasteiger partial charge in [0.05, 0.1) is 0 Å². The minimum atomic E-state index is -0.334. The molecule has 20 heavy (non-hydrogen) atoms. The van der Waals surface area contributed by atoms with Crippen LogP contribution in [0.15, 0.2) is 40.9 Å². The summed E-state index contributed by atoms with van der Waals surface area (Å²) < 4.78 is 27.4. The maximum absolute atomic E-state index is 13.5. The number of likely N-dealkylation sites (N-methyl/N-ethyl adjacent to an activating group) is 1. The summed E-state index contributed by atoms with van der Waals surface area (Å²) in [4.78, 5) is 0. The standard InChI is InChI=1S/C15H13BrClF2N/c1-20-15(10-4-11(16)8-13(19)6-10)7-9-5-12(18)2-3-14(9)17/h2-6,8,15,20H,7H2,1H3. The molecule has 0 fully saturated rings. The molecular weight excluding hydrogens is 348 g/mol. The smallest absolute Gasteiger partial charge is 0.124 e. The predicted molar refractivity (Wildman–Crippen MR) is 81.0 cm³/mol. The largest absolute Gasteiger partial charge is 0.313 e. The van der Waals surface area contributed by atoms with Crippen LogP contribution in [0.3, 0.4) is 0 Å². The molecule has 0 saturated carbocycles. The molecule has 1 N–H and O–H groups in total. The van der Waals surface area contributed by atoms with Gasteiger partial charge in [-0.25, -0.2) is 8.78 Å². The van der Waals surface area contributed by atoms with E-state index in [1.807, 2.05) is 6.07 Å². The van der Waals surface area contributed by atoms with Crippen molar-refractivity contribution in [1.82, 2.24) is 5.32 Å². The van der Waals surface area contributed by atoms with Gasteiger partial charge in [-0.15, -0.1) is 0 Å². The fourth-order valence-corrected chi connectivity index (χ4v) is 2.76. The molecule has 0 radical (unpaired) electrons. The Morgan fingerprint density at radius 3 is 2.55 bits per heavy atom. The first-order valence-electron chi connectivity index (χ1n) is 6.07. The van der Waals surface area contributed by atoms with Crippen molar-refractivity contribution in [2.45, 2.75) is 12.5 Å². The monoisotopic (exact) mass is 359 g/mol. The molecule has 2 aromatic rings. The SMILES string of the molecule is CNC(Cc1cc(F)ccc1Cl)c1cc(F)cc(Br)c1. The lowest BCUT2D eigenvalue weighted by Crippen LogP contribution is -2.19.